The van der Waals surface area contributed by atoms with Gasteiger partial charge >= 0.3 is 10.2 Å². The lowest BCUT2D eigenvalue weighted by Gasteiger charge is -2.15. The maximum Gasteiger partial charge on any atom is 0.301 e. The second kappa shape index (κ2) is 8.01. The maximum absolute atomic E-state index is 14.2. The number of fused-ring (bicyclic) bond motifs is 1. The summed E-state index contributed by atoms with van der Waals surface area (Å²) in [7, 11) is -1.16. The minimum Gasteiger partial charge on any atom is -0.382 e. The smallest absolute Gasteiger partial charge is 0.301 e. The van der Waals surface area contributed by atoms with E-state index in [4.69, 9.17) is 11.5 Å². The number of rotatable bonds is 6. The summed E-state index contributed by atoms with van der Waals surface area (Å²) < 4.78 is 43.2. The first-order chi connectivity index (χ1) is 15.2. The van der Waals surface area contributed by atoms with Crippen molar-refractivity contribution in [2.75, 3.05) is 30.3 Å². The zero-order chi connectivity index (χ0) is 23.0. The predicted octanol–water partition coefficient (Wildman–Crippen LogP) is 1.46. The third-order valence-electron chi connectivity index (χ3n) is 4.67. The molecule has 11 nitrogen and oxygen atoms in total. The fraction of sp³-hybridized carbons (Fsp3) is 0.158. The molecule has 0 saturated heterocycles. The minimum absolute atomic E-state index is 0.0816. The topological polar surface area (TPSA) is 158 Å². The van der Waals surface area contributed by atoms with Gasteiger partial charge in [-0.3, -0.25) is 4.72 Å². The molecule has 0 spiro atoms. The number of halogens is 1. The number of anilines is 3. The van der Waals surface area contributed by atoms with E-state index in [1.165, 1.54) is 24.8 Å². The summed E-state index contributed by atoms with van der Waals surface area (Å²) in [5.74, 6) is -0.619. The molecule has 3 aromatic heterocycles. The van der Waals surface area contributed by atoms with Crippen LogP contribution in [0.1, 0.15) is 5.56 Å². The Bertz CT molecular complexity index is 1400. The number of nitrogens with two attached hydrogens (primary N) is 2. The molecule has 4 rings (SSSR count). The second-order valence-corrected chi connectivity index (χ2v) is 8.94. The highest BCUT2D eigenvalue weighted by atomic mass is 32.2. The average molecular weight is 457 g/mol. The fourth-order valence-corrected chi connectivity index (χ4v) is 3.65. The molecule has 5 N–H and O–H groups in total. The first kappa shape index (κ1) is 21.4. The Balaban J connectivity index is 1.80. The summed E-state index contributed by atoms with van der Waals surface area (Å²) in [6, 6.07) is 9.84. The van der Waals surface area contributed by atoms with Crippen molar-refractivity contribution in [3.63, 3.8) is 0 Å². The van der Waals surface area contributed by atoms with E-state index in [9.17, 15) is 12.8 Å². The molecule has 0 bridgehead atoms. The van der Waals surface area contributed by atoms with Gasteiger partial charge in [-0.05, 0) is 18.2 Å². The van der Waals surface area contributed by atoms with Crippen molar-refractivity contribution >= 4 is 38.6 Å². The van der Waals surface area contributed by atoms with Crippen molar-refractivity contribution in [1.82, 2.24) is 29.0 Å². The fourth-order valence-electron chi connectivity index (χ4n) is 3.00. The summed E-state index contributed by atoms with van der Waals surface area (Å²) in [4.78, 5) is 12.7. The van der Waals surface area contributed by atoms with Gasteiger partial charge in [-0.2, -0.15) is 17.8 Å². The molecule has 0 radical (unpaired) electrons. The highest BCUT2D eigenvalue weighted by molar-refractivity contribution is 7.90. The van der Waals surface area contributed by atoms with Gasteiger partial charge < -0.3 is 11.5 Å². The van der Waals surface area contributed by atoms with Crippen LogP contribution < -0.4 is 16.2 Å². The molecule has 0 aliphatic rings. The SMILES string of the molecule is CN(C)S(=O)(=O)Nc1c(N)nc(-c2nn(Cc3ccccc3F)c3ncccc23)nc1N. The zero-order valence-corrected chi connectivity index (χ0v) is 18.0. The lowest BCUT2D eigenvalue weighted by Crippen LogP contribution is -2.30. The van der Waals surface area contributed by atoms with Crippen molar-refractivity contribution in [2.45, 2.75) is 6.54 Å². The third kappa shape index (κ3) is 3.90. The van der Waals surface area contributed by atoms with E-state index in [0.717, 1.165) is 4.31 Å². The molecular formula is C19H20FN9O2S. The molecule has 166 valence electrons. The standard InChI is InChI=1S/C19H20FN9O2S/c1-28(2)32(30,31)27-15-16(21)24-18(25-17(15)22)14-12-7-5-9-23-19(12)29(26-14)10-11-6-3-4-8-13(11)20/h3-9,27H,10H2,1-2H3,(H4,21,22,24,25). The minimum atomic E-state index is -3.86. The molecule has 32 heavy (non-hydrogen) atoms. The Morgan fingerprint density at radius 3 is 2.44 bits per heavy atom. The molecule has 0 unspecified atom stereocenters. The van der Waals surface area contributed by atoms with Gasteiger partial charge in [-0.15, -0.1) is 0 Å². The van der Waals surface area contributed by atoms with E-state index >= 15 is 0 Å². The number of benzene rings is 1. The van der Waals surface area contributed by atoms with E-state index < -0.39 is 10.2 Å². The average Bonchev–Trinajstić information content (AvgIpc) is 3.11. The number of nitrogens with one attached hydrogen (secondary N) is 1. The van der Waals surface area contributed by atoms with Crippen molar-refractivity contribution in [3.05, 3.63) is 54.0 Å². The highest BCUT2D eigenvalue weighted by Crippen LogP contribution is 2.31. The van der Waals surface area contributed by atoms with Crippen molar-refractivity contribution in [3.8, 4) is 11.5 Å². The summed E-state index contributed by atoms with van der Waals surface area (Å²) >= 11 is 0. The van der Waals surface area contributed by atoms with Gasteiger partial charge in [-0.1, -0.05) is 18.2 Å². The van der Waals surface area contributed by atoms with Crippen molar-refractivity contribution < 1.29 is 12.8 Å². The van der Waals surface area contributed by atoms with E-state index in [2.05, 4.69) is 24.8 Å². The molecular weight excluding hydrogens is 437 g/mol. The van der Waals surface area contributed by atoms with Gasteiger partial charge in [0, 0.05) is 25.9 Å². The van der Waals surface area contributed by atoms with Crippen LogP contribution in [0.4, 0.5) is 21.7 Å². The summed E-state index contributed by atoms with van der Waals surface area (Å²) in [5, 5.41) is 5.12. The third-order valence-corrected chi connectivity index (χ3v) is 6.10. The number of pyridine rings is 1. The van der Waals surface area contributed by atoms with Crippen LogP contribution in [0.2, 0.25) is 0 Å². The van der Waals surface area contributed by atoms with E-state index in [1.807, 2.05) is 0 Å². The summed E-state index contributed by atoms with van der Waals surface area (Å²) in [5.41, 5.74) is 13.1. The lowest BCUT2D eigenvalue weighted by molar-refractivity contribution is 0.527. The first-order valence-electron chi connectivity index (χ1n) is 9.36. The van der Waals surface area contributed by atoms with Crippen LogP contribution in [0.5, 0.6) is 0 Å². The largest absolute Gasteiger partial charge is 0.382 e. The van der Waals surface area contributed by atoms with Crippen LogP contribution in [0.15, 0.2) is 42.6 Å². The second-order valence-electron chi connectivity index (χ2n) is 7.05. The Hall–Kier alpha value is -3.84. The van der Waals surface area contributed by atoms with Crippen LogP contribution >= 0.6 is 0 Å². The Kier molecular flexibility index (Phi) is 5.36. The van der Waals surface area contributed by atoms with Crippen LogP contribution in [0.3, 0.4) is 0 Å². The molecule has 4 aromatic rings. The quantitative estimate of drug-likeness (QED) is 0.392. The Morgan fingerprint density at radius 2 is 1.78 bits per heavy atom. The maximum atomic E-state index is 14.2. The molecule has 3 heterocycles. The van der Waals surface area contributed by atoms with E-state index in [1.54, 1.807) is 36.5 Å². The molecule has 13 heteroatoms. The molecule has 1 aromatic carbocycles. The molecule has 0 aliphatic carbocycles. The van der Waals surface area contributed by atoms with Crippen LogP contribution in [-0.2, 0) is 16.8 Å². The summed E-state index contributed by atoms with van der Waals surface area (Å²) in [6.45, 7) is 0.131. The van der Waals surface area contributed by atoms with Gasteiger partial charge in [-0.25, -0.2) is 24.0 Å². The number of nitrogen functional groups attached to an aromatic ring is 2. The molecule has 0 atom stereocenters. The lowest BCUT2D eigenvalue weighted by atomic mass is 10.2. The van der Waals surface area contributed by atoms with Gasteiger partial charge in [0.2, 0.25) is 0 Å². The predicted molar refractivity (Wildman–Crippen MR) is 119 cm³/mol. The highest BCUT2D eigenvalue weighted by Gasteiger charge is 2.22. The zero-order valence-electron chi connectivity index (χ0n) is 17.2. The number of aromatic nitrogens is 5. The Labute approximate surface area is 183 Å². The first-order valence-corrected chi connectivity index (χ1v) is 10.8. The number of hydrogen-bond donors (Lipinski definition) is 3. The molecule has 0 amide bonds. The number of hydrogen-bond acceptors (Lipinski definition) is 8. The normalized spacial score (nSPS) is 11.9. The van der Waals surface area contributed by atoms with Crippen LogP contribution in [0, 0.1) is 5.82 Å². The Morgan fingerprint density at radius 1 is 1.09 bits per heavy atom. The molecule has 0 fully saturated rings. The van der Waals surface area contributed by atoms with Gasteiger partial charge in [0.15, 0.2) is 23.1 Å². The molecule has 0 aliphatic heterocycles. The number of nitrogens with zero attached hydrogens (tertiary/aromatic N) is 6. The van der Waals surface area contributed by atoms with Gasteiger partial charge in [0.05, 0.1) is 11.9 Å². The monoisotopic (exact) mass is 457 g/mol. The van der Waals surface area contributed by atoms with Crippen LogP contribution in [0.25, 0.3) is 22.6 Å². The van der Waals surface area contributed by atoms with Crippen molar-refractivity contribution in [2.24, 2.45) is 0 Å². The van der Waals surface area contributed by atoms with Gasteiger partial charge in [0.1, 0.15) is 17.2 Å². The van der Waals surface area contributed by atoms with Crippen LogP contribution in [-0.4, -0.2) is 51.6 Å². The van der Waals surface area contributed by atoms with Crippen molar-refractivity contribution in [1.29, 1.82) is 0 Å². The van der Waals surface area contributed by atoms with Gasteiger partial charge in [0.25, 0.3) is 0 Å². The molecule has 0 saturated carbocycles. The van der Waals surface area contributed by atoms with E-state index in [-0.39, 0.29) is 35.5 Å². The summed E-state index contributed by atoms with van der Waals surface area (Å²) in [6.07, 6.45) is 1.59. The van der Waals surface area contributed by atoms with E-state index in [0.29, 0.717) is 22.3 Å².